The van der Waals surface area contributed by atoms with E-state index in [1.165, 1.54) is 12.1 Å². The van der Waals surface area contributed by atoms with Crippen molar-refractivity contribution in [3.05, 3.63) is 77.6 Å². The van der Waals surface area contributed by atoms with Crippen molar-refractivity contribution in [2.45, 2.75) is 19.3 Å². The van der Waals surface area contributed by atoms with Crippen molar-refractivity contribution in [2.75, 3.05) is 12.0 Å². The number of imide groups is 1. The molecule has 8 heteroatoms. The Morgan fingerprint density at radius 2 is 1.65 bits per heavy atom. The monoisotopic (exact) mass is 457 g/mol. The van der Waals surface area contributed by atoms with E-state index in [1.54, 1.807) is 43.5 Å². The highest BCUT2D eigenvalue weighted by Crippen LogP contribution is 2.42. The van der Waals surface area contributed by atoms with Gasteiger partial charge in [-0.3, -0.25) is 19.3 Å². The number of hydrogen-bond donors (Lipinski definition) is 1. The molecule has 2 aliphatic rings. The third-order valence-corrected chi connectivity index (χ3v) is 5.90. The number of benzene rings is 3. The summed E-state index contributed by atoms with van der Waals surface area (Å²) in [6, 6.07) is 16.1. The van der Waals surface area contributed by atoms with Gasteiger partial charge in [-0.1, -0.05) is 12.1 Å². The van der Waals surface area contributed by atoms with E-state index in [0.717, 1.165) is 21.6 Å². The Kier molecular flexibility index (Phi) is 5.41. The van der Waals surface area contributed by atoms with Gasteiger partial charge in [0.15, 0.2) is 0 Å². The first-order chi connectivity index (χ1) is 16.4. The molecular formula is C26H20FN3O4. The molecule has 0 aromatic heterocycles. The Hall–Kier alpha value is -4.33. The molecule has 1 saturated heterocycles. The minimum Gasteiger partial charge on any atom is -0.496 e. The number of hydrogen-bond acceptors (Lipinski definition) is 5. The van der Waals surface area contributed by atoms with E-state index in [9.17, 15) is 18.8 Å². The molecule has 0 spiro atoms. The van der Waals surface area contributed by atoms with Gasteiger partial charge in [0.25, 0.3) is 5.91 Å². The summed E-state index contributed by atoms with van der Waals surface area (Å²) in [6.45, 7) is 0. The summed E-state index contributed by atoms with van der Waals surface area (Å²) < 4.78 is 18.9. The first-order valence-electron chi connectivity index (χ1n) is 10.7. The summed E-state index contributed by atoms with van der Waals surface area (Å²) in [6.07, 6.45) is 0.768. The number of amidine groups is 1. The largest absolute Gasteiger partial charge is 0.496 e. The van der Waals surface area contributed by atoms with Crippen molar-refractivity contribution >= 4 is 34.9 Å². The van der Waals surface area contributed by atoms with E-state index in [-0.39, 0.29) is 36.4 Å². The molecule has 2 heterocycles. The van der Waals surface area contributed by atoms with Crippen molar-refractivity contribution in [2.24, 2.45) is 4.99 Å². The number of fused-ring (bicyclic) bond motifs is 1. The number of rotatable bonds is 4. The molecule has 0 atom stereocenters. The molecule has 170 valence electrons. The smallest absolute Gasteiger partial charge is 0.256 e. The number of amides is 3. The van der Waals surface area contributed by atoms with Crippen molar-refractivity contribution in [3.8, 4) is 16.9 Å². The highest BCUT2D eigenvalue weighted by Gasteiger charge is 2.30. The predicted molar refractivity (Wildman–Crippen MR) is 125 cm³/mol. The van der Waals surface area contributed by atoms with Crippen LogP contribution in [-0.2, 0) is 16.0 Å². The quantitative estimate of drug-likeness (QED) is 0.596. The molecule has 1 N–H and O–H groups in total. The van der Waals surface area contributed by atoms with Crippen LogP contribution in [-0.4, -0.2) is 30.7 Å². The third kappa shape index (κ3) is 3.83. The molecule has 5 rings (SSSR count). The van der Waals surface area contributed by atoms with E-state index in [2.05, 4.69) is 10.3 Å². The minimum atomic E-state index is -0.362. The van der Waals surface area contributed by atoms with Crippen LogP contribution in [0, 0.1) is 5.82 Å². The molecule has 0 bridgehead atoms. The third-order valence-electron chi connectivity index (χ3n) is 5.90. The molecule has 34 heavy (non-hydrogen) atoms. The SMILES string of the molecule is COc1ccc(-c2ccc(F)cc2)c2c1CC(NC(=O)c1ccc(N3C(=O)CCC3=O)cc1)=N2. The summed E-state index contributed by atoms with van der Waals surface area (Å²) in [5.41, 5.74) is 3.93. The first-order valence-corrected chi connectivity index (χ1v) is 10.7. The molecular weight excluding hydrogens is 437 g/mol. The van der Waals surface area contributed by atoms with Gasteiger partial charge in [-0.25, -0.2) is 9.38 Å². The standard InChI is InChI=1S/C26H20FN3O4/c1-34-21-11-10-19(15-2-6-17(27)7-3-15)25-20(21)14-22(28-25)29-26(33)16-4-8-18(9-5-16)30-23(31)12-13-24(30)32/h2-11H,12-14H2,1H3,(H,28,29,33). The zero-order valence-electron chi connectivity index (χ0n) is 18.3. The van der Waals surface area contributed by atoms with Crippen LogP contribution in [0.5, 0.6) is 5.75 Å². The van der Waals surface area contributed by atoms with Crippen molar-refractivity contribution in [3.63, 3.8) is 0 Å². The Bertz CT molecular complexity index is 1330. The minimum absolute atomic E-state index is 0.199. The van der Waals surface area contributed by atoms with Crippen molar-refractivity contribution < 1.29 is 23.5 Å². The second-order valence-electron chi connectivity index (χ2n) is 8.01. The van der Waals surface area contributed by atoms with Gasteiger partial charge in [0.05, 0.1) is 18.5 Å². The molecule has 2 aliphatic heterocycles. The lowest BCUT2D eigenvalue weighted by Crippen LogP contribution is -2.31. The fourth-order valence-corrected chi connectivity index (χ4v) is 4.21. The van der Waals surface area contributed by atoms with Gasteiger partial charge in [-0.2, -0.15) is 0 Å². The lowest BCUT2D eigenvalue weighted by atomic mass is 9.99. The van der Waals surface area contributed by atoms with E-state index in [1.807, 2.05) is 12.1 Å². The zero-order valence-corrected chi connectivity index (χ0v) is 18.3. The maximum atomic E-state index is 13.4. The summed E-state index contributed by atoms with van der Waals surface area (Å²) in [5, 5.41) is 2.84. The van der Waals surface area contributed by atoms with Crippen molar-refractivity contribution in [1.82, 2.24) is 5.32 Å². The van der Waals surface area contributed by atoms with Gasteiger partial charge in [0, 0.05) is 36.0 Å². The highest BCUT2D eigenvalue weighted by molar-refractivity contribution is 6.20. The molecule has 0 radical (unpaired) electrons. The summed E-state index contributed by atoms with van der Waals surface area (Å²) in [7, 11) is 1.57. The van der Waals surface area contributed by atoms with Crippen LogP contribution in [0.3, 0.4) is 0 Å². The van der Waals surface area contributed by atoms with Gasteiger partial charge in [0.1, 0.15) is 17.4 Å². The number of aliphatic imine (C=N–C) groups is 1. The average Bonchev–Trinajstić information content (AvgIpc) is 3.41. The lowest BCUT2D eigenvalue weighted by molar-refractivity contribution is -0.121. The van der Waals surface area contributed by atoms with Gasteiger partial charge in [-0.05, 0) is 54.1 Å². The number of nitrogens with zero attached hydrogens (tertiary/aromatic N) is 2. The van der Waals surface area contributed by atoms with Gasteiger partial charge >= 0.3 is 0 Å². The van der Waals surface area contributed by atoms with Gasteiger partial charge in [0.2, 0.25) is 11.8 Å². The van der Waals surface area contributed by atoms with Crippen LogP contribution >= 0.6 is 0 Å². The number of halogens is 1. The van der Waals surface area contributed by atoms with Crippen LogP contribution in [0.4, 0.5) is 15.8 Å². The maximum Gasteiger partial charge on any atom is 0.256 e. The summed E-state index contributed by atoms with van der Waals surface area (Å²) >= 11 is 0. The molecule has 3 amide bonds. The zero-order chi connectivity index (χ0) is 23.8. The van der Waals surface area contributed by atoms with E-state index in [0.29, 0.717) is 34.9 Å². The molecule has 0 unspecified atom stereocenters. The van der Waals surface area contributed by atoms with Crippen LogP contribution < -0.4 is 15.0 Å². The summed E-state index contributed by atoms with van der Waals surface area (Å²) in [5.74, 6) is -0.0633. The number of carbonyl (C=O) groups is 3. The van der Waals surface area contributed by atoms with Crippen LogP contribution in [0.2, 0.25) is 0 Å². The van der Waals surface area contributed by atoms with E-state index in [4.69, 9.17) is 4.74 Å². The number of nitrogens with one attached hydrogen (secondary N) is 1. The lowest BCUT2D eigenvalue weighted by Gasteiger charge is -2.14. The van der Waals surface area contributed by atoms with Gasteiger partial charge in [-0.15, -0.1) is 0 Å². The Labute approximate surface area is 194 Å². The van der Waals surface area contributed by atoms with Gasteiger partial charge < -0.3 is 10.1 Å². The van der Waals surface area contributed by atoms with E-state index >= 15 is 0 Å². The Morgan fingerprint density at radius 1 is 0.971 bits per heavy atom. The van der Waals surface area contributed by atoms with Crippen LogP contribution in [0.25, 0.3) is 11.1 Å². The second-order valence-corrected chi connectivity index (χ2v) is 8.01. The second kappa shape index (κ2) is 8.55. The van der Waals surface area contributed by atoms with E-state index < -0.39 is 0 Å². The summed E-state index contributed by atoms with van der Waals surface area (Å²) in [4.78, 5) is 42.5. The molecule has 0 aliphatic carbocycles. The molecule has 0 saturated carbocycles. The number of ether oxygens (including phenoxy) is 1. The first kappa shape index (κ1) is 21.5. The number of anilines is 1. The maximum absolute atomic E-state index is 13.4. The highest BCUT2D eigenvalue weighted by atomic mass is 19.1. The van der Waals surface area contributed by atoms with Crippen molar-refractivity contribution in [1.29, 1.82) is 0 Å². The molecule has 1 fully saturated rings. The molecule has 3 aromatic carbocycles. The topological polar surface area (TPSA) is 88.1 Å². The average molecular weight is 457 g/mol. The molecule has 3 aromatic rings. The van der Waals surface area contributed by atoms with Crippen LogP contribution in [0.1, 0.15) is 28.8 Å². The molecule has 7 nitrogen and oxygen atoms in total. The fraction of sp³-hybridized carbons (Fsp3) is 0.154. The Morgan fingerprint density at radius 3 is 2.29 bits per heavy atom. The Balaban J connectivity index is 1.38. The number of methoxy groups -OCH3 is 1. The fourth-order valence-electron chi connectivity index (χ4n) is 4.21. The van der Waals surface area contributed by atoms with Crippen LogP contribution in [0.15, 0.2) is 65.7 Å². The predicted octanol–water partition coefficient (Wildman–Crippen LogP) is 4.17. The normalized spacial score (nSPS) is 14.8. The number of carbonyl (C=O) groups excluding carboxylic acids is 3.